The zero-order valence-electron chi connectivity index (χ0n) is 22.6. The lowest BCUT2D eigenvalue weighted by Crippen LogP contribution is -2.52. The van der Waals surface area contributed by atoms with Gasteiger partial charge in [0, 0.05) is 45.2 Å². The molecule has 0 spiro atoms. The minimum Gasteiger partial charge on any atom is -0.340 e. The summed E-state index contributed by atoms with van der Waals surface area (Å²) in [6.07, 6.45) is 1.12. The number of piperidine rings is 1. The summed E-state index contributed by atoms with van der Waals surface area (Å²) < 4.78 is 28.3. The molecule has 0 bridgehead atoms. The number of hydrogen-bond acceptors (Lipinski definition) is 4. The summed E-state index contributed by atoms with van der Waals surface area (Å²) in [6.45, 7) is 3.71. The number of amides is 1. The summed E-state index contributed by atoms with van der Waals surface area (Å²) in [7, 11) is -3.60. The van der Waals surface area contributed by atoms with Gasteiger partial charge in [-0.15, -0.1) is 0 Å². The van der Waals surface area contributed by atoms with Gasteiger partial charge >= 0.3 is 0 Å². The Morgan fingerprint density at radius 3 is 1.80 bits per heavy atom. The van der Waals surface area contributed by atoms with Gasteiger partial charge in [-0.05, 0) is 46.9 Å². The monoisotopic (exact) mass is 553 g/mol. The van der Waals surface area contributed by atoms with Crippen LogP contribution in [0.25, 0.3) is 10.8 Å². The third-order valence-electron chi connectivity index (χ3n) is 8.38. The highest BCUT2D eigenvalue weighted by Gasteiger charge is 2.35. The van der Waals surface area contributed by atoms with Gasteiger partial charge in [-0.3, -0.25) is 9.69 Å². The highest BCUT2D eigenvalue weighted by atomic mass is 32.2. The van der Waals surface area contributed by atoms with Crippen molar-refractivity contribution in [2.75, 3.05) is 39.3 Å². The van der Waals surface area contributed by atoms with Gasteiger partial charge in [-0.1, -0.05) is 91.0 Å². The molecular formula is C33H35N3O3S. The van der Waals surface area contributed by atoms with Crippen LogP contribution in [0.4, 0.5) is 0 Å². The van der Waals surface area contributed by atoms with E-state index in [4.69, 9.17) is 0 Å². The van der Waals surface area contributed by atoms with E-state index in [2.05, 4.69) is 53.4 Å². The second-order valence-corrected chi connectivity index (χ2v) is 12.7. The maximum Gasteiger partial charge on any atom is 0.243 e. The van der Waals surface area contributed by atoms with Crippen molar-refractivity contribution >= 4 is 26.7 Å². The number of fused-ring (bicyclic) bond motifs is 1. The van der Waals surface area contributed by atoms with Crippen molar-refractivity contribution in [3.8, 4) is 0 Å². The predicted octanol–water partition coefficient (Wildman–Crippen LogP) is 5.17. The van der Waals surface area contributed by atoms with Gasteiger partial charge in [0.05, 0.1) is 10.9 Å². The molecule has 0 saturated carbocycles. The van der Waals surface area contributed by atoms with Crippen molar-refractivity contribution in [2.24, 2.45) is 5.92 Å². The number of carbonyl (C=O) groups excluding carboxylic acids is 1. The molecule has 2 saturated heterocycles. The fraction of sp³-hybridized carbons (Fsp3) is 0.303. The van der Waals surface area contributed by atoms with Gasteiger partial charge in [0.25, 0.3) is 0 Å². The average molecular weight is 554 g/mol. The number of sulfonamides is 1. The lowest BCUT2D eigenvalue weighted by Gasteiger charge is -2.41. The zero-order chi connectivity index (χ0) is 27.5. The lowest BCUT2D eigenvalue weighted by molar-refractivity contribution is -0.138. The number of nitrogens with zero attached hydrogens (tertiary/aromatic N) is 3. The number of hydrogen-bond donors (Lipinski definition) is 0. The standard InChI is InChI=1S/C33H35N3O3S/c37-33(29-17-19-36(20-18-29)40(38,39)31-16-15-26-9-7-8-14-30(26)25-31)35-23-21-34(22-24-35)32(27-10-3-1-4-11-27)28-12-5-2-6-13-28/h1-16,25,29,32H,17-24H2. The van der Waals surface area contributed by atoms with Crippen molar-refractivity contribution < 1.29 is 13.2 Å². The molecule has 0 atom stereocenters. The van der Waals surface area contributed by atoms with Crippen LogP contribution in [0.3, 0.4) is 0 Å². The summed E-state index contributed by atoms with van der Waals surface area (Å²) >= 11 is 0. The Hall–Kier alpha value is -3.52. The van der Waals surface area contributed by atoms with Crippen LogP contribution in [0.15, 0.2) is 108 Å². The van der Waals surface area contributed by atoms with E-state index in [1.165, 1.54) is 11.1 Å². The Kier molecular flexibility index (Phi) is 7.69. The number of rotatable bonds is 6. The van der Waals surface area contributed by atoms with Crippen LogP contribution in [0.2, 0.25) is 0 Å². The molecule has 6 rings (SSSR count). The quantitative estimate of drug-likeness (QED) is 0.330. The second-order valence-electron chi connectivity index (χ2n) is 10.8. The third kappa shape index (κ3) is 5.42. The Morgan fingerprint density at radius 1 is 0.650 bits per heavy atom. The first kappa shape index (κ1) is 26.7. The molecule has 6 nitrogen and oxygen atoms in total. The van der Waals surface area contributed by atoms with E-state index in [9.17, 15) is 13.2 Å². The maximum atomic E-state index is 13.5. The molecule has 0 unspecified atom stereocenters. The van der Waals surface area contributed by atoms with Crippen molar-refractivity contribution in [1.29, 1.82) is 0 Å². The van der Waals surface area contributed by atoms with Crippen LogP contribution in [0.5, 0.6) is 0 Å². The average Bonchev–Trinajstić information content (AvgIpc) is 3.02. The highest BCUT2D eigenvalue weighted by molar-refractivity contribution is 7.89. The maximum absolute atomic E-state index is 13.5. The molecule has 0 aromatic heterocycles. The second kappa shape index (κ2) is 11.5. The van der Waals surface area contributed by atoms with Gasteiger partial charge in [-0.25, -0.2) is 8.42 Å². The van der Waals surface area contributed by atoms with E-state index in [1.54, 1.807) is 16.4 Å². The Morgan fingerprint density at radius 2 is 1.20 bits per heavy atom. The number of piperazine rings is 1. The zero-order valence-corrected chi connectivity index (χ0v) is 23.4. The minimum absolute atomic E-state index is 0.131. The fourth-order valence-corrected chi connectivity index (χ4v) is 7.67. The molecule has 2 heterocycles. The topological polar surface area (TPSA) is 60.9 Å². The van der Waals surface area contributed by atoms with Crippen LogP contribution in [0, 0.1) is 5.92 Å². The number of benzene rings is 4. The molecule has 7 heteroatoms. The van der Waals surface area contributed by atoms with Gasteiger partial charge in [0.1, 0.15) is 0 Å². The minimum atomic E-state index is -3.60. The van der Waals surface area contributed by atoms with Crippen molar-refractivity contribution in [1.82, 2.24) is 14.1 Å². The van der Waals surface area contributed by atoms with E-state index < -0.39 is 10.0 Å². The Labute approximate surface area is 236 Å². The van der Waals surface area contributed by atoms with Crippen LogP contribution in [-0.2, 0) is 14.8 Å². The first-order valence-electron chi connectivity index (χ1n) is 14.1. The fourth-order valence-electron chi connectivity index (χ4n) is 6.16. The van der Waals surface area contributed by atoms with Gasteiger partial charge in [0.2, 0.25) is 15.9 Å². The number of carbonyl (C=O) groups is 1. The Bertz CT molecular complexity index is 1520. The van der Waals surface area contributed by atoms with Crippen LogP contribution >= 0.6 is 0 Å². The summed E-state index contributed by atoms with van der Waals surface area (Å²) in [4.78, 5) is 18.3. The molecule has 206 valence electrons. The van der Waals surface area contributed by atoms with Gasteiger partial charge < -0.3 is 4.90 Å². The smallest absolute Gasteiger partial charge is 0.243 e. The molecule has 0 N–H and O–H groups in total. The molecule has 0 aliphatic carbocycles. The van der Waals surface area contributed by atoms with E-state index in [0.29, 0.717) is 43.9 Å². The first-order valence-corrected chi connectivity index (χ1v) is 15.6. The predicted molar refractivity (Wildman–Crippen MR) is 158 cm³/mol. The summed E-state index contributed by atoms with van der Waals surface area (Å²) in [5.74, 6) is 0.0343. The van der Waals surface area contributed by atoms with E-state index in [-0.39, 0.29) is 17.9 Å². The molecule has 1 amide bonds. The molecule has 4 aromatic carbocycles. The summed E-state index contributed by atoms with van der Waals surface area (Å²) in [5.41, 5.74) is 2.52. The molecule has 0 radical (unpaired) electrons. The van der Waals surface area contributed by atoms with E-state index in [1.807, 2.05) is 47.4 Å². The van der Waals surface area contributed by atoms with Crippen LogP contribution in [0.1, 0.15) is 30.0 Å². The molecule has 40 heavy (non-hydrogen) atoms. The normalized spacial score (nSPS) is 17.9. The van der Waals surface area contributed by atoms with E-state index >= 15 is 0 Å². The highest BCUT2D eigenvalue weighted by Crippen LogP contribution is 2.31. The largest absolute Gasteiger partial charge is 0.340 e. The van der Waals surface area contributed by atoms with Crippen molar-refractivity contribution in [2.45, 2.75) is 23.8 Å². The van der Waals surface area contributed by atoms with Crippen molar-refractivity contribution in [3.05, 3.63) is 114 Å². The lowest BCUT2D eigenvalue weighted by atomic mass is 9.95. The Balaban J connectivity index is 1.07. The summed E-state index contributed by atoms with van der Waals surface area (Å²) in [5, 5.41) is 1.93. The van der Waals surface area contributed by atoms with Crippen molar-refractivity contribution in [3.63, 3.8) is 0 Å². The molecule has 2 aliphatic heterocycles. The SMILES string of the molecule is O=C(C1CCN(S(=O)(=O)c2ccc3ccccc3c2)CC1)N1CCN(C(c2ccccc2)c2ccccc2)CC1. The van der Waals surface area contributed by atoms with Crippen LogP contribution in [-0.4, -0.2) is 67.7 Å². The molecule has 4 aromatic rings. The van der Waals surface area contributed by atoms with Gasteiger partial charge in [0.15, 0.2) is 0 Å². The van der Waals surface area contributed by atoms with Gasteiger partial charge in [-0.2, -0.15) is 4.31 Å². The summed E-state index contributed by atoms with van der Waals surface area (Å²) in [6, 6.07) is 34.3. The molecule has 2 fully saturated rings. The molecular weight excluding hydrogens is 518 g/mol. The van der Waals surface area contributed by atoms with E-state index in [0.717, 1.165) is 23.9 Å². The third-order valence-corrected chi connectivity index (χ3v) is 10.3. The molecule has 2 aliphatic rings. The first-order chi connectivity index (χ1) is 19.5. The van der Waals surface area contributed by atoms with Crippen LogP contribution < -0.4 is 0 Å².